The van der Waals surface area contributed by atoms with E-state index in [4.69, 9.17) is 4.42 Å². The number of aromatic carboxylic acids is 1. The summed E-state index contributed by atoms with van der Waals surface area (Å²) < 4.78 is 5.55. The van der Waals surface area contributed by atoms with Crippen molar-refractivity contribution in [3.63, 3.8) is 0 Å². The zero-order chi connectivity index (χ0) is 22.0. The Bertz CT molecular complexity index is 1370. The van der Waals surface area contributed by atoms with Gasteiger partial charge in [0.15, 0.2) is 0 Å². The first-order valence-corrected chi connectivity index (χ1v) is 10.1. The molecule has 0 fully saturated rings. The van der Waals surface area contributed by atoms with Crippen LogP contribution in [-0.4, -0.2) is 29.1 Å². The van der Waals surface area contributed by atoms with E-state index < -0.39 is 11.6 Å². The molecule has 0 bridgehead atoms. The van der Waals surface area contributed by atoms with Crippen molar-refractivity contribution in [2.45, 2.75) is 13.8 Å². The second-order valence-corrected chi connectivity index (χ2v) is 7.14. The number of carbonyl (C=O) groups is 1. The Hall–Kier alpha value is -3.93. The molecule has 2 aromatic heterocycles. The molecular formula is C25H22N2O4. The van der Waals surface area contributed by atoms with Crippen LogP contribution in [0.3, 0.4) is 0 Å². The van der Waals surface area contributed by atoms with Gasteiger partial charge in [0.25, 0.3) is 0 Å². The Morgan fingerprint density at radius 2 is 1.81 bits per heavy atom. The molecule has 0 unspecified atom stereocenters. The van der Waals surface area contributed by atoms with E-state index in [-0.39, 0.29) is 5.56 Å². The van der Waals surface area contributed by atoms with E-state index in [1.807, 2.05) is 30.3 Å². The van der Waals surface area contributed by atoms with Gasteiger partial charge in [-0.3, -0.25) is 0 Å². The quantitative estimate of drug-likeness (QED) is 0.444. The van der Waals surface area contributed by atoms with Gasteiger partial charge < -0.3 is 14.4 Å². The lowest BCUT2D eigenvalue weighted by Gasteiger charge is -2.20. The van der Waals surface area contributed by atoms with Crippen molar-refractivity contribution in [2.75, 3.05) is 18.0 Å². The first-order valence-electron chi connectivity index (χ1n) is 10.1. The maximum absolute atomic E-state index is 12.5. The van der Waals surface area contributed by atoms with Crippen LogP contribution in [0, 0.1) is 0 Å². The molecule has 31 heavy (non-hydrogen) atoms. The zero-order valence-corrected chi connectivity index (χ0v) is 17.3. The molecule has 6 nitrogen and oxygen atoms in total. The Morgan fingerprint density at radius 1 is 1.03 bits per heavy atom. The van der Waals surface area contributed by atoms with Crippen molar-refractivity contribution in [3.8, 4) is 0 Å². The number of para-hydroxylation sites is 1. The number of nitrogens with zero attached hydrogens (tertiary/aromatic N) is 2. The van der Waals surface area contributed by atoms with E-state index in [1.54, 1.807) is 30.4 Å². The van der Waals surface area contributed by atoms with Crippen LogP contribution >= 0.6 is 0 Å². The summed E-state index contributed by atoms with van der Waals surface area (Å²) in [6, 6.07) is 16.2. The van der Waals surface area contributed by atoms with Crippen LogP contribution in [0.1, 0.15) is 35.5 Å². The van der Waals surface area contributed by atoms with Gasteiger partial charge in [-0.05, 0) is 56.3 Å². The summed E-state index contributed by atoms with van der Waals surface area (Å²) in [5.74, 6) is -1.03. The van der Waals surface area contributed by atoms with Crippen LogP contribution in [0.4, 0.5) is 5.69 Å². The molecule has 0 saturated heterocycles. The molecule has 0 saturated carbocycles. The molecule has 2 heterocycles. The van der Waals surface area contributed by atoms with Gasteiger partial charge in [0.2, 0.25) is 0 Å². The minimum absolute atomic E-state index is 0.141. The van der Waals surface area contributed by atoms with Gasteiger partial charge in [0, 0.05) is 35.6 Å². The number of benzene rings is 2. The van der Waals surface area contributed by atoms with Crippen molar-refractivity contribution in [1.82, 2.24) is 4.98 Å². The number of carboxylic acid groups (broad SMARTS) is 1. The molecule has 0 aliphatic rings. The topological polar surface area (TPSA) is 83.6 Å². The van der Waals surface area contributed by atoms with Crippen molar-refractivity contribution in [1.29, 1.82) is 0 Å². The van der Waals surface area contributed by atoms with E-state index >= 15 is 0 Å². The predicted octanol–water partition coefficient (Wildman–Crippen LogP) is 5.06. The Kier molecular flexibility index (Phi) is 5.54. The molecule has 6 heteroatoms. The van der Waals surface area contributed by atoms with Crippen molar-refractivity contribution >= 4 is 45.7 Å². The van der Waals surface area contributed by atoms with Gasteiger partial charge in [-0.2, -0.15) is 0 Å². The number of anilines is 1. The first-order chi connectivity index (χ1) is 15.0. The Morgan fingerprint density at radius 3 is 2.55 bits per heavy atom. The minimum atomic E-state index is -1.03. The molecule has 0 spiro atoms. The third-order valence-corrected chi connectivity index (χ3v) is 5.28. The molecule has 0 aliphatic carbocycles. The summed E-state index contributed by atoms with van der Waals surface area (Å²) in [6.07, 6.45) is 3.32. The average molecular weight is 414 g/mol. The average Bonchev–Trinajstić information content (AvgIpc) is 2.77. The molecule has 4 rings (SSSR count). The highest BCUT2D eigenvalue weighted by Gasteiger charge is 2.10. The lowest BCUT2D eigenvalue weighted by atomic mass is 10.1. The Balaban J connectivity index is 1.70. The van der Waals surface area contributed by atoms with E-state index in [9.17, 15) is 14.7 Å². The second kappa shape index (κ2) is 8.44. The lowest BCUT2D eigenvalue weighted by Crippen LogP contribution is -2.21. The van der Waals surface area contributed by atoms with Gasteiger partial charge in [-0.1, -0.05) is 18.2 Å². The van der Waals surface area contributed by atoms with Gasteiger partial charge in [-0.15, -0.1) is 0 Å². The van der Waals surface area contributed by atoms with Gasteiger partial charge in [0.05, 0.1) is 22.3 Å². The molecule has 0 atom stereocenters. The van der Waals surface area contributed by atoms with E-state index in [0.29, 0.717) is 22.4 Å². The fourth-order valence-electron chi connectivity index (χ4n) is 3.62. The van der Waals surface area contributed by atoms with Gasteiger partial charge >= 0.3 is 11.6 Å². The van der Waals surface area contributed by atoms with Crippen LogP contribution in [0.15, 0.2) is 63.8 Å². The van der Waals surface area contributed by atoms with E-state index in [1.165, 1.54) is 6.07 Å². The Labute approximate surface area is 179 Å². The molecule has 0 radical (unpaired) electrons. The predicted molar refractivity (Wildman–Crippen MR) is 124 cm³/mol. The fourth-order valence-corrected chi connectivity index (χ4v) is 3.62. The van der Waals surface area contributed by atoms with Crippen LogP contribution in [0.25, 0.3) is 34.0 Å². The largest absolute Gasteiger partial charge is 0.478 e. The van der Waals surface area contributed by atoms with Gasteiger partial charge in [0.1, 0.15) is 5.58 Å². The van der Waals surface area contributed by atoms with Crippen molar-refractivity contribution in [3.05, 3.63) is 81.8 Å². The highest BCUT2D eigenvalue weighted by molar-refractivity contribution is 6.02. The third-order valence-electron chi connectivity index (χ3n) is 5.28. The normalized spacial score (nSPS) is 11.4. The number of carboxylic acids is 1. The first kappa shape index (κ1) is 20.3. The number of rotatable bonds is 6. The molecular weight excluding hydrogens is 392 g/mol. The number of hydrogen-bond acceptors (Lipinski definition) is 5. The van der Waals surface area contributed by atoms with Crippen LogP contribution in [0.2, 0.25) is 0 Å². The number of fused-ring (bicyclic) bond motifs is 2. The zero-order valence-electron chi connectivity index (χ0n) is 17.3. The SMILES string of the molecule is CCN(CC)c1ccc2cc(C=Cc3ccc4cccc(C(=O)O)c4n3)c(=O)oc2c1. The third kappa shape index (κ3) is 4.05. The summed E-state index contributed by atoms with van der Waals surface area (Å²) in [5.41, 5.74) is 2.62. The number of aromatic nitrogens is 1. The van der Waals surface area contributed by atoms with Crippen LogP contribution in [-0.2, 0) is 0 Å². The fraction of sp³-hybridized carbons (Fsp3) is 0.160. The van der Waals surface area contributed by atoms with Crippen LogP contribution in [0.5, 0.6) is 0 Å². The summed E-state index contributed by atoms with van der Waals surface area (Å²) in [4.78, 5) is 30.6. The summed E-state index contributed by atoms with van der Waals surface area (Å²) in [6.45, 7) is 5.90. The maximum atomic E-state index is 12.5. The summed E-state index contributed by atoms with van der Waals surface area (Å²) >= 11 is 0. The lowest BCUT2D eigenvalue weighted by molar-refractivity contribution is 0.0699. The molecule has 2 aromatic carbocycles. The second-order valence-electron chi connectivity index (χ2n) is 7.14. The number of hydrogen-bond donors (Lipinski definition) is 1. The molecule has 0 amide bonds. The highest BCUT2D eigenvalue weighted by Crippen LogP contribution is 2.23. The molecule has 4 aromatic rings. The highest BCUT2D eigenvalue weighted by atomic mass is 16.4. The molecule has 1 N–H and O–H groups in total. The number of pyridine rings is 1. The van der Waals surface area contributed by atoms with Crippen molar-refractivity contribution < 1.29 is 14.3 Å². The smallest absolute Gasteiger partial charge is 0.343 e. The van der Waals surface area contributed by atoms with Crippen molar-refractivity contribution in [2.24, 2.45) is 0 Å². The standard InChI is InChI=1S/C25H22N2O4/c1-3-27(4-2)20-13-10-17-14-18(25(30)31-22(17)15-20)9-12-19-11-8-16-6-5-7-21(24(28)29)23(16)26-19/h5-15H,3-4H2,1-2H3,(H,28,29). The summed E-state index contributed by atoms with van der Waals surface area (Å²) in [5, 5.41) is 11.0. The minimum Gasteiger partial charge on any atom is -0.478 e. The van der Waals surface area contributed by atoms with E-state index in [0.717, 1.165) is 29.5 Å². The molecule has 156 valence electrons. The van der Waals surface area contributed by atoms with E-state index in [2.05, 4.69) is 23.7 Å². The molecule has 0 aliphatic heterocycles. The maximum Gasteiger partial charge on any atom is 0.343 e. The summed E-state index contributed by atoms with van der Waals surface area (Å²) in [7, 11) is 0. The van der Waals surface area contributed by atoms with Crippen LogP contribution < -0.4 is 10.5 Å². The monoisotopic (exact) mass is 414 g/mol. The van der Waals surface area contributed by atoms with Gasteiger partial charge in [-0.25, -0.2) is 14.6 Å².